The summed E-state index contributed by atoms with van der Waals surface area (Å²) >= 11 is 0. The molecule has 10 heteroatoms. The van der Waals surface area contributed by atoms with Gasteiger partial charge in [0, 0.05) is 5.69 Å². The highest BCUT2D eigenvalue weighted by Crippen LogP contribution is 2.30. The highest BCUT2D eigenvalue weighted by Gasteiger charge is 2.50. The van der Waals surface area contributed by atoms with Gasteiger partial charge in [-0.05, 0) is 43.2 Å². The van der Waals surface area contributed by atoms with Crippen molar-refractivity contribution in [1.29, 1.82) is 0 Å². The van der Waals surface area contributed by atoms with Crippen LogP contribution in [0.5, 0.6) is 0 Å². The molecule has 0 aliphatic carbocycles. The Hall–Kier alpha value is -3.27. The quantitative estimate of drug-likeness (QED) is 0.687. The number of benzene rings is 2. The molecule has 2 atom stereocenters. The van der Waals surface area contributed by atoms with E-state index in [1.54, 1.807) is 30.3 Å². The van der Waals surface area contributed by atoms with Gasteiger partial charge < -0.3 is 10.2 Å². The lowest BCUT2D eigenvalue weighted by Gasteiger charge is -2.30. The van der Waals surface area contributed by atoms with Crippen molar-refractivity contribution in [3.05, 3.63) is 66.0 Å². The van der Waals surface area contributed by atoms with Crippen LogP contribution in [0.2, 0.25) is 0 Å². The fourth-order valence-corrected chi connectivity index (χ4v) is 5.86. The zero-order chi connectivity index (χ0) is 23.1. The van der Waals surface area contributed by atoms with Crippen LogP contribution in [-0.2, 0) is 25.0 Å². The number of sulfone groups is 1. The third-order valence-corrected chi connectivity index (χ3v) is 7.62. The Morgan fingerprint density at radius 1 is 1.16 bits per heavy atom. The van der Waals surface area contributed by atoms with E-state index in [2.05, 4.69) is 5.32 Å². The topological polar surface area (TPSA) is 104 Å². The van der Waals surface area contributed by atoms with Crippen LogP contribution in [0.4, 0.5) is 14.9 Å². The molecule has 32 heavy (non-hydrogen) atoms. The normalized spacial score (nSPS) is 24.4. The molecule has 2 aliphatic heterocycles. The van der Waals surface area contributed by atoms with Crippen molar-refractivity contribution in [2.45, 2.75) is 24.9 Å². The third-order valence-electron chi connectivity index (χ3n) is 5.87. The van der Waals surface area contributed by atoms with Crippen molar-refractivity contribution in [2.24, 2.45) is 0 Å². The number of hydrogen-bond donors (Lipinski definition) is 1. The van der Waals surface area contributed by atoms with Crippen molar-refractivity contribution < 1.29 is 27.2 Å². The van der Waals surface area contributed by atoms with E-state index >= 15 is 0 Å². The third kappa shape index (κ3) is 3.97. The summed E-state index contributed by atoms with van der Waals surface area (Å²) in [6.45, 7) is 0.941. The molecule has 1 N–H and O–H groups in total. The van der Waals surface area contributed by atoms with Gasteiger partial charge in [0.1, 0.15) is 17.9 Å². The predicted octanol–water partition coefficient (Wildman–Crippen LogP) is 1.81. The summed E-state index contributed by atoms with van der Waals surface area (Å²) in [5, 5.41) is 2.58. The van der Waals surface area contributed by atoms with Crippen LogP contribution < -0.4 is 10.2 Å². The van der Waals surface area contributed by atoms with Crippen LogP contribution in [0.25, 0.3) is 0 Å². The predicted molar refractivity (Wildman–Crippen MR) is 115 cm³/mol. The van der Waals surface area contributed by atoms with Gasteiger partial charge in [-0.25, -0.2) is 17.6 Å². The molecule has 0 aromatic heterocycles. The Balaban J connectivity index is 1.60. The number of carbonyl (C=O) groups excluding carboxylic acids is 3. The maximum Gasteiger partial charge on any atom is 0.325 e. The van der Waals surface area contributed by atoms with Gasteiger partial charge in [-0.1, -0.05) is 30.3 Å². The SMILES string of the molecule is C[C@@]1(c2ccc(F)cc2)NC(=O)N(CC(=O)N(c2ccccc2)[C@H]2CCS(=O)(=O)C2)C1=O. The summed E-state index contributed by atoms with van der Waals surface area (Å²) < 4.78 is 37.3. The molecule has 0 unspecified atom stereocenters. The van der Waals surface area contributed by atoms with Gasteiger partial charge in [0.25, 0.3) is 5.91 Å². The molecule has 0 spiro atoms. The van der Waals surface area contributed by atoms with E-state index in [9.17, 15) is 27.2 Å². The second-order valence-corrected chi connectivity index (χ2v) is 10.3. The minimum absolute atomic E-state index is 0.0277. The summed E-state index contributed by atoms with van der Waals surface area (Å²) in [5.41, 5.74) is -0.568. The molecule has 2 aromatic rings. The summed E-state index contributed by atoms with van der Waals surface area (Å²) in [7, 11) is -3.27. The van der Waals surface area contributed by atoms with Crippen molar-refractivity contribution in [3.63, 3.8) is 0 Å². The summed E-state index contributed by atoms with van der Waals surface area (Å²) in [6.07, 6.45) is 0.274. The summed E-state index contributed by atoms with van der Waals surface area (Å²) in [5.74, 6) is -1.90. The van der Waals surface area contributed by atoms with Crippen molar-refractivity contribution in [3.8, 4) is 0 Å². The Labute approximate surface area is 184 Å². The fraction of sp³-hybridized carbons (Fsp3) is 0.318. The number of carbonyl (C=O) groups is 3. The molecule has 4 rings (SSSR count). The standard InChI is InChI=1S/C22H22FN3O5S/c1-22(15-7-9-16(23)10-8-15)20(28)25(21(29)24-22)13-19(27)26(17-5-3-2-4-6-17)18-11-12-32(30,31)14-18/h2-10,18H,11-14H2,1H3,(H,24,29)/t18-,22-/m0/s1. The first-order valence-corrected chi connectivity index (χ1v) is 11.9. The first-order chi connectivity index (χ1) is 15.1. The molecular formula is C22H22FN3O5S. The van der Waals surface area contributed by atoms with E-state index in [1.807, 2.05) is 0 Å². The average molecular weight is 459 g/mol. The second kappa shape index (κ2) is 8.01. The Morgan fingerprint density at radius 2 is 1.81 bits per heavy atom. The van der Waals surface area contributed by atoms with E-state index < -0.39 is 51.6 Å². The molecule has 168 valence electrons. The Morgan fingerprint density at radius 3 is 2.41 bits per heavy atom. The number of urea groups is 1. The molecule has 0 saturated carbocycles. The largest absolute Gasteiger partial charge is 0.325 e. The molecule has 2 saturated heterocycles. The zero-order valence-electron chi connectivity index (χ0n) is 17.3. The van der Waals surface area contributed by atoms with Gasteiger partial charge in [-0.3, -0.25) is 14.5 Å². The van der Waals surface area contributed by atoms with Gasteiger partial charge in [-0.15, -0.1) is 0 Å². The zero-order valence-corrected chi connectivity index (χ0v) is 18.1. The number of para-hydroxylation sites is 1. The van der Waals surface area contributed by atoms with Gasteiger partial charge in [0.15, 0.2) is 9.84 Å². The van der Waals surface area contributed by atoms with Crippen LogP contribution >= 0.6 is 0 Å². The first-order valence-electron chi connectivity index (χ1n) is 10.1. The van der Waals surface area contributed by atoms with E-state index in [0.717, 1.165) is 4.90 Å². The van der Waals surface area contributed by atoms with E-state index in [-0.39, 0.29) is 17.9 Å². The number of nitrogens with zero attached hydrogens (tertiary/aromatic N) is 2. The van der Waals surface area contributed by atoms with E-state index in [0.29, 0.717) is 11.3 Å². The summed E-state index contributed by atoms with van der Waals surface area (Å²) in [6, 6.07) is 12.4. The smallest absolute Gasteiger partial charge is 0.319 e. The lowest BCUT2D eigenvalue weighted by Crippen LogP contribution is -2.48. The lowest BCUT2D eigenvalue weighted by molar-refractivity contribution is -0.134. The van der Waals surface area contributed by atoms with E-state index in [1.165, 1.54) is 36.1 Å². The fourth-order valence-electron chi connectivity index (χ4n) is 4.16. The maximum atomic E-state index is 13.3. The number of amides is 4. The Kier molecular flexibility index (Phi) is 5.49. The molecule has 2 heterocycles. The summed E-state index contributed by atoms with van der Waals surface area (Å²) in [4.78, 5) is 41.2. The minimum atomic E-state index is -3.27. The highest BCUT2D eigenvalue weighted by atomic mass is 32.2. The second-order valence-electron chi connectivity index (χ2n) is 8.11. The lowest BCUT2D eigenvalue weighted by atomic mass is 9.92. The minimum Gasteiger partial charge on any atom is -0.319 e. The van der Waals surface area contributed by atoms with Gasteiger partial charge in [-0.2, -0.15) is 0 Å². The van der Waals surface area contributed by atoms with Crippen LogP contribution in [0.15, 0.2) is 54.6 Å². The van der Waals surface area contributed by atoms with Crippen LogP contribution in [0.3, 0.4) is 0 Å². The highest BCUT2D eigenvalue weighted by molar-refractivity contribution is 7.91. The number of rotatable bonds is 5. The van der Waals surface area contributed by atoms with Gasteiger partial charge in [0.2, 0.25) is 5.91 Å². The molecule has 0 bridgehead atoms. The molecular weight excluding hydrogens is 437 g/mol. The van der Waals surface area contributed by atoms with Crippen LogP contribution in [-0.4, -0.2) is 55.3 Å². The van der Waals surface area contributed by atoms with Crippen molar-refractivity contribution in [1.82, 2.24) is 10.2 Å². The first kappa shape index (κ1) is 21.9. The van der Waals surface area contributed by atoms with Crippen molar-refractivity contribution >= 4 is 33.4 Å². The molecule has 2 aromatic carbocycles. The number of nitrogens with one attached hydrogen (secondary N) is 1. The number of imide groups is 1. The van der Waals surface area contributed by atoms with E-state index in [4.69, 9.17) is 0 Å². The molecule has 2 aliphatic rings. The van der Waals surface area contributed by atoms with Gasteiger partial charge in [0.05, 0.1) is 17.5 Å². The molecule has 4 amide bonds. The molecule has 8 nitrogen and oxygen atoms in total. The average Bonchev–Trinajstić information content (AvgIpc) is 3.21. The van der Waals surface area contributed by atoms with Gasteiger partial charge >= 0.3 is 6.03 Å². The monoisotopic (exact) mass is 459 g/mol. The number of halogens is 1. The van der Waals surface area contributed by atoms with Crippen LogP contribution in [0.1, 0.15) is 18.9 Å². The molecule has 0 radical (unpaired) electrons. The van der Waals surface area contributed by atoms with Crippen LogP contribution in [0, 0.1) is 5.82 Å². The number of hydrogen-bond acceptors (Lipinski definition) is 5. The Bertz CT molecular complexity index is 1170. The van der Waals surface area contributed by atoms with Crippen molar-refractivity contribution in [2.75, 3.05) is 23.0 Å². The maximum absolute atomic E-state index is 13.3. The number of anilines is 1. The molecule has 2 fully saturated rings.